The van der Waals surface area contributed by atoms with Crippen LogP contribution in [-0.4, -0.2) is 31.5 Å². The second kappa shape index (κ2) is 5.25. The lowest BCUT2D eigenvalue weighted by atomic mass is 10.1. The van der Waals surface area contributed by atoms with Gasteiger partial charge in [0, 0.05) is 23.5 Å². The van der Waals surface area contributed by atoms with E-state index in [1.807, 2.05) is 24.3 Å². The zero-order valence-electron chi connectivity index (χ0n) is 11.7. The quantitative estimate of drug-likeness (QED) is 0.708. The highest BCUT2D eigenvalue weighted by Gasteiger charge is 2.26. The van der Waals surface area contributed by atoms with E-state index in [0.29, 0.717) is 16.3 Å². The van der Waals surface area contributed by atoms with Crippen LogP contribution in [0.15, 0.2) is 53.9 Å². The number of rotatable bonds is 2. The summed E-state index contributed by atoms with van der Waals surface area (Å²) >= 11 is 5.24. The van der Waals surface area contributed by atoms with Crippen LogP contribution in [0.1, 0.15) is 5.56 Å². The van der Waals surface area contributed by atoms with E-state index in [2.05, 4.69) is 25.6 Å². The van der Waals surface area contributed by atoms with Gasteiger partial charge < -0.3 is 5.32 Å². The van der Waals surface area contributed by atoms with E-state index >= 15 is 0 Å². The predicted octanol–water partition coefficient (Wildman–Crippen LogP) is 2.21. The molecule has 2 aromatic heterocycles. The van der Waals surface area contributed by atoms with Gasteiger partial charge >= 0.3 is 0 Å². The molecule has 3 aromatic rings. The first kappa shape index (κ1) is 13.5. The number of nitrogens with zero attached hydrogens (tertiary/aromatic N) is 4. The molecule has 4 rings (SSSR count). The van der Waals surface area contributed by atoms with Crippen molar-refractivity contribution in [3.05, 3.63) is 59.1 Å². The predicted molar refractivity (Wildman–Crippen MR) is 87.6 cm³/mol. The Morgan fingerprint density at radius 2 is 1.91 bits per heavy atom. The summed E-state index contributed by atoms with van der Waals surface area (Å²) in [5.74, 6) is 0.247. The van der Waals surface area contributed by atoms with Gasteiger partial charge in [0.05, 0.1) is 5.69 Å². The van der Waals surface area contributed by atoms with E-state index in [1.54, 1.807) is 24.5 Å². The number of carbonyl (C=O) groups is 1. The topological polar surface area (TPSA) is 88.0 Å². The van der Waals surface area contributed by atoms with E-state index in [1.165, 1.54) is 4.68 Å². The van der Waals surface area contributed by atoms with Crippen LogP contribution in [0, 0.1) is 4.77 Å². The van der Waals surface area contributed by atoms with Gasteiger partial charge in [-0.1, -0.05) is 18.2 Å². The van der Waals surface area contributed by atoms with Gasteiger partial charge in [-0.2, -0.15) is 14.9 Å². The number of nitrogens with one attached hydrogen (secondary N) is 2. The van der Waals surface area contributed by atoms with Crippen molar-refractivity contribution in [1.82, 2.24) is 19.9 Å². The van der Waals surface area contributed by atoms with Crippen molar-refractivity contribution in [3.63, 3.8) is 0 Å². The molecular formula is C15H10N6OS. The number of hydrogen-bond donors (Lipinski definition) is 2. The van der Waals surface area contributed by atoms with Crippen LogP contribution in [0.5, 0.6) is 0 Å². The Labute approximate surface area is 135 Å². The van der Waals surface area contributed by atoms with Crippen LogP contribution >= 0.6 is 12.2 Å². The Morgan fingerprint density at radius 3 is 2.74 bits per heavy atom. The minimum absolute atomic E-state index is 0.269. The number of fused-ring (bicyclic) bond motifs is 1. The molecule has 1 amide bonds. The summed E-state index contributed by atoms with van der Waals surface area (Å²) in [6, 6.07) is 11.0. The van der Waals surface area contributed by atoms with Crippen molar-refractivity contribution in [2.75, 3.05) is 5.32 Å². The molecule has 3 heterocycles. The molecule has 0 aliphatic carbocycles. The molecule has 7 nitrogen and oxygen atoms in total. The Kier molecular flexibility index (Phi) is 3.09. The summed E-state index contributed by atoms with van der Waals surface area (Å²) in [5.41, 5.74) is 2.56. The molecule has 0 spiro atoms. The number of para-hydroxylation sites is 1. The van der Waals surface area contributed by atoms with Crippen LogP contribution in [0.4, 0.5) is 5.69 Å². The molecule has 8 heteroatoms. The molecule has 2 N–H and O–H groups in total. The maximum absolute atomic E-state index is 12.2. The van der Waals surface area contributed by atoms with Crippen molar-refractivity contribution in [3.8, 4) is 11.4 Å². The van der Waals surface area contributed by atoms with E-state index < -0.39 is 0 Å². The molecule has 0 saturated carbocycles. The first-order chi connectivity index (χ1) is 11.2. The number of carbonyl (C=O) groups excluding carboxylic acids is 1. The first-order valence-corrected chi connectivity index (χ1v) is 7.22. The fourth-order valence-corrected chi connectivity index (χ4v) is 2.55. The highest BCUT2D eigenvalue weighted by atomic mass is 32.1. The van der Waals surface area contributed by atoms with Gasteiger partial charge in [0.15, 0.2) is 11.5 Å². The Hall–Kier alpha value is -3.13. The lowest BCUT2D eigenvalue weighted by Crippen LogP contribution is -2.16. The van der Waals surface area contributed by atoms with Crippen LogP contribution < -0.4 is 5.32 Å². The third kappa shape index (κ3) is 2.25. The molecule has 23 heavy (non-hydrogen) atoms. The Balaban J connectivity index is 1.89. The number of aromatic nitrogens is 4. The molecule has 1 aliphatic heterocycles. The minimum atomic E-state index is -0.269. The first-order valence-electron chi connectivity index (χ1n) is 6.81. The van der Waals surface area contributed by atoms with Crippen molar-refractivity contribution in [2.45, 2.75) is 0 Å². The largest absolute Gasteiger partial charge is 0.320 e. The normalized spacial score (nSPS) is 14.8. The number of hydrogen-bond acceptors (Lipinski definition) is 5. The van der Waals surface area contributed by atoms with Crippen molar-refractivity contribution in [2.24, 2.45) is 5.10 Å². The monoisotopic (exact) mass is 322 g/mol. The smallest absolute Gasteiger partial charge is 0.276 e. The number of H-pyrrole nitrogens is 1. The van der Waals surface area contributed by atoms with Crippen molar-refractivity contribution < 1.29 is 4.79 Å². The molecule has 0 radical (unpaired) electrons. The highest BCUT2D eigenvalue weighted by molar-refractivity contribution is 7.71. The van der Waals surface area contributed by atoms with E-state index in [9.17, 15) is 4.79 Å². The van der Waals surface area contributed by atoms with Crippen LogP contribution in [0.25, 0.3) is 11.4 Å². The number of aromatic amines is 1. The Bertz CT molecular complexity index is 988. The Morgan fingerprint density at radius 1 is 1.13 bits per heavy atom. The molecule has 112 valence electrons. The summed E-state index contributed by atoms with van der Waals surface area (Å²) in [4.78, 5) is 16.2. The summed E-state index contributed by atoms with van der Waals surface area (Å²) in [6.45, 7) is 0. The van der Waals surface area contributed by atoms with Crippen molar-refractivity contribution in [1.29, 1.82) is 0 Å². The second-order valence-corrected chi connectivity index (χ2v) is 5.24. The van der Waals surface area contributed by atoms with E-state index in [-0.39, 0.29) is 5.91 Å². The van der Waals surface area contributed by atoms with Crippen LogP contribution in [0.2, 0.25) is 0 Å². The fraction of sp³-hybridized carbons (Fsp3) is 0. The molecule has 1 aliphatic rings. The molecule has 0 fully saturated rings. The van der Waals surface area contributed by atoms with Crippen molar-refractivity contribution >= 4 is 29.5 Å². The summed E-state index contributed by atoms with van der Waals surface area (Å²) in [7, 11) is 0. The molecule has 0 unspecified atom stereocenters. The molecule has 0 bridgehead atoms. The number of anilines is 1. The van der Waals surface area contributed by atoms with Gasteiger partial charge in [-0.3, -0.25) is 9.78 Å². The molecule has 1 aromatic carbocycles. The average Bonchev–Trinajstić information content (AvgIpc) is 3.10. The average molecular weight is 322 g/mol. The highest BCUT2D eigenvalue weighted by Crippen LogP contribution is 2.24. The van der Waals surface area contributed by atoms with Crippen LogP contribution in [0.3, 0.4) is 0 Å². The van der Waals surface area contributed by atoms with Crippen LogP contribution in [-0.2, 0) is 4.79 Å². The number of amides is 1. The summed E-state index contributed by atoms with van der Waals surface area (Å²) < 4.78 is 1.75. The third-order valence-corrected chi connectivity index (χ3v) is 3.70. The van der Waals surface area contributed by atoms with Gasteiger partial charge in [0.1, 0.15) is 0 Å². The lowest BCUT2D eigenvalue weighted by molar-refractivity contribution is -0.110. The molecule has 0 saturated heterocycles. The van der Waals surface area contributed by atoms with Gasteiger partial charge in [-0.05, 0) is 30.4 Å². The second-order valence-electron chi connectivity index (χ2n) is 4.85. The van der Waals surface area contributed by atoms with Gasteiger partial charge in [0.25, 0.3) is 5.91 Å². The zero-order valence-corrected chi connectivity index (χ0v) is 12.5. The number of pyridine rings is 1. The van der Waals surface area contributed by atoms with Gasteiger partial charge in [-0.15, -0.1) is 0 Å². The molecular weight excluding hydrogens is 312 g/mol. The lowest BCUT2D eigenvalue weighted by Gasteiger charge is -2.02. The third-order valence-electron chi connectivity index (χ3n) is 3.43. The number of benzene rings is 1. The SMILES string of the molecule is O=C1Nc2ccccc2C1=Nn1c(-c2ccncc2)n[nH]c1=S. The van der Waals surface area contributed by atoms with Gasteiger partial charge in [-0.25, -0.2) is 5.10 Å². The maximum Gasteiger partial charge on any atom is 0.276 e. The summed E-state index contributed by atoms with van der Waals surface area (Å²) in [6.07, 6.45) is 3.31. The van der Waals surface area contributed by atoms with Gasteiger partial charge in [0.2, 0.25) is 4.77 Å². The molecule has 0 atom stereocenters. The fourth-order valence-electron chi connectivity index (χ4n) is 2.37. The summed E-state index contributed by atoms with van der Waals surface area (Å²) in [5, 5.41) is 14.1. The maximum atomic E-state index is 12.2. The van der Waals surface area contributed by atoms with E-state index in [0.717, 1.165) is 16.8 Å². The van der Waals surface area contributed by atoms with E-state index in [4.69, 9.17) is 12.2 Å². The standard InChI is InChI=1S/C15H10N6OS/c22-14-12(10-3-1-2-4-11(10)17-14)20-21-13(18-19-15(21)23)9-5-7-16-8-6-9/h1-8H,(H,19,23)(H,17,20,22). The zero-order chi connectivity index (χ0) is 15.8. The minimum Gasteiger partial charge on any atom is -0.320 e.